The Kier molecular flexibility index (Phi) is 4.07. The van der Waals surface area contributed by atoms with Crippen molar-refractivity contribution in [3.63, 3.8) is 0 Å². The Morgan fingerprint density at radius 2 is 1.42 bits per heavy atom. The van der Waals surface area contributed by atoms with E-state index in [2.05, 4.69) is 0 Å². The first kappa shape index (κ1) is 16.5. The zero-order valence-corrected chi connectivity index (χ0v) is 12.8. The molecule has 0 fully saturated rings. The van der Waals surface area contributed by atoms with E-state index >= 15 is 0 Å². The van der Waals surface area contributed by atoms with Crippen LogP contribution in [0.4, 0.5) is 13.2 Å². The predicted molar refractivity (Wildman–Crippen MR) is 89.7 cm³/mol. The van der Waals surface area contributed by atoms with E-state index in [1.807, 2.05) is 12.2 Å². The van der Waals surface area contributed by atoms with Crippen LogP contribution in [0.2, 0.25) is 0 Å². The molecule has 2 nitrogen and oxygen atoms in total. The molecule has 0 saturated carbocycles. The highest BCUT2D eigenvalue weighted by Gasteiger charge is 2.34. The summed E-state index contributed by atoms with van der Waals surface area (Å²) in [6, 6.07) is 12.5. The van der Waals surface area contributed by atoms with E-state index in [9.17, 15) is 13.2 Å². The molecule has 4 N–H and O–H groups in total. The van der Waals surface area contributed by atoms with Gasteiger partial charge >= 0.3 is 6.18 Å². The van der Waals surface area contributed by atoms with Crippen molar-refractivity contribution in [1.82, 2.24) is 0 Å². The molecular formula is C19H17F3N2. The number of allylic oxidation sites excluding steroid dienone is 2. The third-order valence-corrected chi connectivity index (χ3v) is 3.95. The first-order valence-corrected chi connectivity index (χ1v) is 7.51. The molecule has 0 bridgehead atoms. The summed E-state index contributed by atoms with van der Waals surface area (Å²) in [4.78, 5) is 0. The Balaban J connectivity index is 2.20. The van der Waals surface area contributed by atoms with Gasteiger partial charge in [-0.15, -0.1) is 0 Å². The van der Waals surface area contributed by atoms with Crippen LogP contribution in [0.5, 0.6) is 0 Å². The quantitative estimate of drug-likeness (QED) is 0.805. The van der Waals surface area contributed by atoms with E-state index in [0.29, 0.717) is 17.5 Å². The first-order valence-electron chi connectivity index (χ1n) is 7.51. The molecule has 0 radical (unpaired) electrons. The average molecular weight is 330 g/mol. The zero-order chi connectivity index (χ0) is 17.4. The van der Waals surface area contributed by atoms with Crippen LogP contribution in [-0.2, 0) is 6.18 Å². The van der Waals surface area contributed by atoms with Gasteiger partial charge in [0.15, 0.2) is 0 Å². The number of rotatable bonds is 2. The summed E-state index contributed by atoms with van der Waals surface area (Å²) in [5.74, 6) is 0. The molecule has 0 heterocycles. The van der Waals surface area contributed by atoms with Gasteiger partial charge in [0.2, 0.25) is 0 Å². The van der Waals surface area contributed by atoms with Crippen LogP contribution in [0.15, 0.2) is 66.8 Å². The number of alkyl halides is 3. The second kappa shape index (κ2) is 5.92. The van der Waals surface area contributed by atoms with E-state index in [1.165, 1.54) is 12.1 Å². The van der Waals surface area contributed by atoms with Gasteiger partial charge in [0.25, 0.3) is 0 Å². The molecule has 0 amide bonds. The molecule has 0 aromatic heterocycles. The maximum absolute atomic E-state index is 13.4. The van der Waals surface area contributed by atoms with Crippen LogP contribution < -0.4 is 11.5 Å². The lowest BCUT2D eigenvalue weighted by molar-refractivity contribution is -0.137. The lowest BCUT2D eigenvalue weighted by Gasteiger charge is -2.25. The van der Waals surface area contributed by atoms with Gasteiger partial charge in [-0.05, 0) is 34.4 Å². The molecule has 1 aliphatic carbocycles. The van der Waals surface area contributed by atoms with Crippen molar-refractivity contribution in [3.05, 3.63) is 77.9 Å². The summed E-state index contributed by atoms with van der Waals surface area (Å²) in [5, 5.41) is 0. The summed E-state index contributed by atoms with van der Waals surface area (Å²) < 4.78 is 40.1. The minimum absolute atomic E-state index is 0.139. The van der Waals surface area contributed by atoms with Gasteiger partial charge in [-0.25, -0.2) is 0 Å². The van der Waals surface area contributed by atoms with Crippen LogP contribution in [0.3, 0.4) is 0 Å². The lowest BCUT2D eigenvalue weighted by atomic mass is 9.87. The number of hydrogen-bond acceptors (Lipinski definition) is 2. The summed E-state index contributed by atoms with van der Waals surface area (Å²) in [6.45, 7) is 0. The zero-order valence-electron chi connectivity index (χ0n) is 12.8. The molecule has 0 atom stereocenters. The highest BCUT2D eigenvalue weighted by molar-refractivity contribution is 5.87. The maximum atomic E-state index is 13.4. The number of nitrogens with two attached hydrogens (primary N) is 2. The molecule has 2 aromatic rings. The van der Waals surface area contributed by atoms with Crippen molar-refractivity contribution in [1.29, 1.82) is 0 Å². The number of benzene rings is 2. The number of hydrogen-bond donors (Lipinski definition) is 2. The largest absolute Gasteiger partial charge is 0.417 e. The smallest absolute Gasteiger partial charge is 0.310 e. The van der Waals surface area contributed by atoms with Crippen molar-refractivity contribution >= 4 is 5.57 Å². The molecule has 0 saturated heterocycles. The normalized spacial score (nSPS) is 16.8. The van der Waals surface area contributed by atoms with E-state index < -0.39 is 17.4 Å². The molecule has 1 aliphatic rings. The van der Waals surface area contributed by atoms with Crippen molar-refractivity contribution < 1.29 is 13.2 Å². The van der Waals surface area contributed by atoms with Gasteiger partial charge < -0.3 is 11.5 Å². The Morgan fingerprint density at radius 3 is 2.04 bits per heavy atom. The fourth-order valence-electron chi connectivity index (χ4n) is 2.89. The molecule has 0 spiro atoms. The fraction of sp³-hybridized carbons (Fsp3) is 0.158. The van der Waals surface area contributed by atoms with Gasteiger partial charge in [-0.3, -0.25) is 0 Å². The third-order valence-electron chi connectivity index (χ3n) is 3.95. The highest BCUT2D eigenvalue weighted by atomic mass is 19.4. The van der Waals surface area contributed by atoms with Gasteiger partial charge in [0.05, 0.1) is 11.2 Å². The van der Waals surface area contributed by atoms with Crippen LogP contribution in [0, 0.1) is 0 Å². The van der Waals surface area contributed by atoms with Crippen LogP contribution >= 0.6 is 0 Å². The summed E-state index contributed by atoms with van der Waals surface area (Å²) in [6.07, 6.45) is 1.43. The van der Waals surface area contributed by atoms with Crippen LogP contribution in [-0.4, -0.2) is 5.66 Å². The number of halogens is 3. The van der Waals surface area contributed by atoms with Crippen LogP contribution in [0.25, 0.3) is 16.7 Å². The topological polar surface area (TPSA) is 52.0 Å². The Hall–Kier alpha value is -2.37. The van der Waals surface area contributed by atoms with Crippen molar-refractivity contribution in [2.75, 3.05) is 0 Å². The molecule has 3 rings (SSSR count). The molecule has 0 aliphatic heterocycles. The summed E-state index contributed by atoms with van der Waals surface area (Å²) in [5.41, 5.74) is 12.3. The SMILES string of the molecule is NC1(N)C=C(c2ccccc2-c2ccccc2C(F)(F)F)C=CC1. The summed E-state index contributed by atoms with van der Waals surface area (Å²) in [7, 11) is 0. The monoisotopic (exact) mass is 330 g/mol. The average Bonchev–Trinajstić information content (AvgIpc) is 2.53. The second-order valence-corrected chi connectivity index (χ2v) is 5.91. The fourth-order valence-corrected chi connectivity index (χ4v) is 2.89. The second-order valence-electron chi connectivity index (χ2n) is 5.91. The Morgan fingerprint density at radius 1 is 0.833 bits per heavy atom. The van der Waals surface area contributed by atoms with Gasteiger partial charge in [-0.2, -0.15) is 13.2 Å². The molecule has 5 heteroatoms. The molecule has 124 valence electrons. The standard InChI is InChI=1S/C19H17F3N2/c20-19(21,22)17-10-4-3-9-16(17)15-8-2-1-7-14(15)13-6-5-11-18(23,24)12-13/h1-10,12H,11,23-24H2. The minimum atomic E-state index is -4.42. The highest BCUT2D eigenvalue weighted by Crippen LogP contribution is 2.40. The third kappa shape index (κ3) is 3.27. The van der Waals surface area contributed by atoms with E-state index in [-0.39, 0.29) is 5.56 Å². The van der Waals surface area contributed by atoms with Crippen molar-refractivity contribution in [3.8, 4) is 11.1 Å². The van der Waals surface area contributed by atoms with Gasteiger partial charge in [0.1, 0.15) is 0 Å². The summed E-state index contributed by atoms with van der Waals surface area (Å²) >= 11 is 0. The van der Waals surface area contributed by atoms with E-state index in [0.717, 1.165) is 11.6 Å². The van der Waals surface area contributed by atoms with Gasteiger partial charge in [0, 0.05) is 6.42 Å². The molecule has 2 aromatic carbocycles. The van der Waals surface area contributed by atoms with Crippen molar-refractivity contribution in [2.24, 2.45) is 11.5 Å². The molecule has 24 heavy (non-hydrogen) atoms. The van der Waals surface area contributed by atoms with E-state index in [1.54, 1.807) is 36.4 Å². The van der Waals surface area contributed by atoms with E-state index in [4.69, 9.17) is 11.5 Å². The van der Waals surface area contributed by atoms with Crippen LogP contribution in [0.1, 0.15) is 17.5 Å². The van der Waals surface area contributed by atoms with Crippen molar-refractivity contribution in [2.45, 2.75) is 18.3 Å². The predicted octanol–water partition coefficient (Wildman–Crippen LogP) is 4.33. The Labute approximate surface area is 138 Å². The molecule has 0 unspecified atom stereocenters. The Bertz CT molecular complexity index is 817. The molecular weight excluding hydrogens is 313 g/mol. The minimum Gasteiger partial charge on any atom is -0.310 e. The first-order chi connectivity index (χ1) is 11.3. The lowest BCUT2D eigenvalue weighted by Crippen LogP contribution is -2.47. The van der Waals surface area contributed by atoms with Gasteiger partial charge in [-0.1, -0.05) is 54.6 Å². The maximum Gasteiger partial charge on any atom is 0.417 e.